The number of carbonyl (C=O) groups is 1. The maximum absolute atomic E-state index is 14.4. The van der Waals surface area contributed by atoms with Crippen molar-refractivity contribution in [1.29, 1.82) is 0 Å². The molecule has 0 saturated heterocycles. The average Bonchev–Trinajstić information content (AvgIpc) is 3.67. The molecule has 5 aromatic rings. The van der Waals surface area contributed by atoms with Crippen LogP contribution >= 0.6 is 0 Å². The lowest BCUT2D eigenvalue weighted by molar-refractivity contribution is 0.0947. The molecule has 1 amide bonds. The topological polar surface area (TPSA) is 114 Å². The maximum Gasteiger partial charge on any atom is 0.272 e. The fraction of sp³-hybridized carbons (Fsp3) is 0.231. The van der Waals surface area contributed by atoms with Crippen LogP contribution in [0.25, 0.3) is 28.1 Å². The molecule has 1 saturated carbocycles. The van der Waals surface area contributed by atoms with E-state index in [1.54, 1.807) is 24.4 Å². The number of H-pyrrole nitrogens is 1. The van der Waals surface area contributed by atoms with Gasteiger partial charge in [0.1, 0.15) is 35.0 Å². The van der Waals surface area contributed by atoms with Crippen molar-refractivity contribution in [3.05, 3.63) is 83.7 Å². The van der Waals surface area contributed by atoms with Gasteiger partial charge in [0, 0.05) is 18.0 Å². The number of nitrogens with one attached hydrogen (secondary N) is 2. The number of hydrogen-bond donors (Lipinski definition) is 2. The number of aromatic nitrogens is 7. The Bertz CT molecular complexity index is 1590. The average molecular weight is 501 g/mol. The summed E-state index contributed by atoms with van der Waals surface area (Å²) < 4.78 is 29.1. The van der Waals surface area contributed by atoms with Crippen LogP contribution in [-0.4, -0.2) is 40.8 Å². The van der Waals surface area contributed by atoms with E-state index in [4.69, 9.17) is 0 Å². The van der Waals surface area contributed by atoms with Crippen molar-refractivity contribution in [2.75, 3.05) is 0 Å². The van der Waals surface area contributed by atoms with Crippen molar-refractivity contribution in [2.24, 2.45) is 0 Å². The number of halogens is 2. The summed E-state index contributed by atoms with van der Waals surface area (Å²) in [7, 11) is 0. The van der Waals surface area contributed by atoms with Gasteiger partial charge in [-0.05, 0) is 60.9 Å². The van der Waals surface area contributed by atoms with Crippen molar-refractivity contribution in [3.63, 3.8) is 0 Å². The Hall–Kier alpha value is -4.54. The molecule has 0 spiro atoms. The van der Waals surface area contributed by atoms with Crippen LogP contribution < -0.4 is 5.32 Å². The second-order valence-electron chi connectivity index (χ2n) is 9.08. The van der Waals surface area contributed by atoms with E-state index in [-0.39, 0.29) is 18.1 Å². The van der Waals surface area contributed by atoms with Crippen LogP contribution in [0.3, 0.4) is 0 Å². The van der Waals surface area contributed by atoms with Gasteiger partial charge in [0.25, 0.3) is 5.91 Å². The van der Waals surface area contributed by atoms with Crippen molar-refractivity contribution in [1.82, 2.24) is 40.2 Å². The number of aromatic amines is 1. The normalized spacial score (nSPS) is 13.9. The van der Waals surface area contributed by atoms with Crippen molar-refractivity contribution < 1.29 is 13.6 Å². The van der Waals surface area contributed by atoms with Crippen molar-refractivity contribution in [2.45, 2.75) is 38.1 Å². The van der Waals surface area contributed by atoms with E-state index >= 15 is 0 Å². The van der Waals surface area contributed by atoms with E-state index in [9.17, 15) is 13.6 Å². The highest BCUT2D eigenvalue weighted by Gasteiger charge is 2.23. The van der Waals surface area contributed by atoms with E-state index in [2.05, 4.69) is 35.6 Å². The van der Waals surface area contributed by atoms with Crippen LogP contribution in [0, 0.1) is 11.6 Å². The fourth-order valence-corrected chi connectivity index (χ4v) is 4.69. The van der Waals surface area contributed by atoms with E-state index < -0.39 is 11.7 Å². The van der Waals surface area contributed by atoms with Crippen molar-refractivity contribution >= 4 is 17.1 Å². The molecule has 186 valence electrons. The minimum atomic E-state index is -0.486. The van der Waals surface area contributed by atoms with Gasteiger partial charge in [-0.15, -0.1) is 5.10 Å². The number of nitrogens with zero attached hydrogens (tertiary/aromatic N) is 6. The summed E-state index contributed by atoms with van der Waals surface area (Å²) in [5.41, 5.74) is 3.31. The van der Waals surface area contributed by atoms with Crippen LogP contribution in [0.15, 0.2) is 55.0 Å². The van der Waals surface area contributed by atoms with Crippen LogP contribution in [-0.2, 0) is 6.54 Å². The largest absolute Gasteiger partial charge is 0.347 e. The molecule has 1 aliphatic rings. The standard InChI is InChI=1S/C26H22F2N8O/c27-18-7-5-16(6-8-18)21-13-36(35-34-21)20-10-15(9-19(28)11-20)12-29-26(37)23-22-25(31-14-30-23)33-24(32-22)17-3-1-2-4-17/h5-11,13-14,17H,1-4,12H2,(H,29,37)(H,30,31,32,33). The molecule has 0 atom stereocenters. The van der Waals surface area contributed by atoms with E-state index in [1.165, 1.54) is 48.1 Å². The Morgan fingerprint density at radius 1 is 1.05 bits per heavy atom. The summed E-state index contributed by atoms with van der Waals surface area (Å²) in [4.78, 5) is 29.2. The highest BCUT2D eigenvalue weighted by molar-refractivity contribution is 6.02. The molecule has 37 heavy (non-hydrogen) atoms. The van der Waals surface area contributed by atoms with E-state index in [1.807, 2.05) is 0 Å². The molecule has 9 nitrogen and oxygen atoms in total. The summed E-state index contributed by atoms with van der Waals surface area (Å²) in [6.45, 7) is 0.0677. The second-order valence-corrected chi connectivity index (χ2v) is 9.08. The first-order valence-electron chi connectivity index (χ1n) is 12.0. The molecular weight excluding hydrogens is 478 g/mol. The summed E-state index contributed by atoms with van der Waals surface area (Å²) in [6, 6.07) is 10.2. The van der Waals surface area contributed by atoms with Gasteiger partial charge in [0.2, 0.25) is 0 Å². The zero-order chi connectivity index (χ0) is 25.4. The Balaban J connectivity index is 1.20. The third-order valence-corrected chi connectivity index (χ3v) is 6.56. The minimum absolute atomic E-state index is 0.0677. The highest BCUT2D eigenvalue weighted by atomic mass is 19.1. The van der Waals surface area contributed by atoms with Crippen LogP contribution in [0.1, 0.15) is 53.5 Å². The van der Waals surface area contributed by atoms with E-state index in [0.29, 0.717) is 39.6 Å². The smallest absolute Gasteiger partial charge is 0.272 e. The van der Waals surface area contributed by atoms with E-state index in [0.717, 1.165) is 18.7 Å². The Labute approximate surface area is 210 Å². The van der Waals surface area contributed by atoms with Gasteiger partial charge in [-0.2, -0.15) is 0 Å². The SMILES string of the molecule is O=C(NCc1cc(F)cc(-n2cc(-c3ccc(F)cc3)nn2)c1)c1ncnc2nc(C3CCCC3)[nH]c12. The van der Waals surface area contributed by atoms with Gasteiger partial charge in [-0.25, -0.2) is 28.4 Å². The lowest BCUT2D eigenvalue weighted by atomic mass is 10.1. The van der Waals surface area contributed by atoms with Crippen LogP contribution in [0.5, 0.6) is 0 Å². The predicted molar refractivity (Wildman–Crippen MR) is 131 cm³/mol. The van der Waals surface area contributed by atoms with Gasteiger partial charge in [0.05, 0.1) is 11.9 Å². The monoisotopic (exact) mass is 500 g/mol. The number of rotatable bonds is 6. The molecule has 3 aromatic heterocycles. The van der Waals surface area contributed by atoms with Gasteiger partial charge < -0.3 is 10.3 Å². The number of imidazole rings is 1. The number of amides is 1. The number of benzene rings is 2. The lowest BCUT2D eigenvalue weighted by Crippen LogP contribution is -2.24. The summed E-state index contributed by atoms with van der Waals surface area (Å²) in [6.07, 6.45) is 7.40. The third-order valence-electron chi connectivity index (χ3n) is 6.56. The zero-order valence-corrected chi connectivity index (χ0v) is 19.7. The minimum Gasteiger partial charge on any atom is -0.347 e. The lowest BCUT2D eigenvalue weighted by Gasteiger charge is -2.08. The zero-order valence-electron chi connectivity index (χ0n) is 19.7. The number of carbonyl (C=O) groups excluding carboxylic acids is 1. The molecule has 1 aliphatic carbocycles. The Morgan fingerprint density at radius 2 is 1.86 bits per heavy atom. The first-order valence-corrected chi connectivity index (χ1v) is 12.0. The Morgan fingerprint density at radius 3 is 2.68 bits per heavy atom. The third kappa shape index (κ3) is 4.67. The predicted octanol–water partition coefficient (Wildman–Crippen LogP) is 4.47. The van der Waals surface area contributed by atoms with Gasteiger partial charge in [0.15, 0.2) is 11.3 Å². The molecule has 6 rings (SSSR count). The van der Waals surface area contributed by atoms with Crippen molar-refractivity contribution in [3.8, 4) is 16.9 Å². The van der Waals surface area contributed by atoms with Crippen LogP contribution in [0.4, 0.5) is 8.78 Å². The number of hydrogen-bond acceptors (Lipinski definition) is 6. The summed E-state index contributed by atoms with van der Waals surface area (Å²) in [5, 5.41) is 11.0. The molecule has 11 heteroatoms. The molecular formula is C26H22F2N8O. The number of fused-ring (bicyclic) bond motifs is 1. The highest BCUT2D eigenvalue weighted by Crippen LogP contribution is 2.33. The fourth-order valence-electron chi connectivity index (χ4n) is 4.69. The summed E-state index contributed by atoms with van der Waals surface area (Å²) in [5.74, 6) is -0.0720. The molecule has 0 aliphatic heterocycles. The molecule has 0 unspecified atom stereocenters. The Kier molecular flexibility index (Phi) is 5.87. The molecule has 3 heterocycles. The molecule has 1 fully saturated rings. The van der Waals surface area contributed by atoms with Gasteiger partial charge in [-0.3, -0.25) is 4.79 Å². The molecule has 2 aromatic carbocycles. The van der Waals surface area contributed by atoms with Gasteiger partial charge in [-0.1, -0.05) is 18.1 Å². The quantitative estimate of drug-likeness (QED) is 0.356. The first-order chi connectivity index (χ1) is 18.0. The van der Waals surface area contributed by atoms with Gasteiger partial charge >= 0.3 is 0 Å². The second kappa shape index (κ2) is 9.49. The maximum atomic E-state index is 14.4. The summed E-state index contributed by atoms with van der Waals surface area (Å²) >= 11 is 0. The molecule has 0 radical (unpaired) electrons. The molecule has 2 N–H and O–H groups in total. The molecule has 0 bridgehead atoms. The first kappa shape index (κ1) is 22.9. The van der Waals surface area contributed by atoms with Crippen LogP contribution in [0.2, 0.25) is 0 Å².